The summed E-state index contributed by atoms with van der Waals surface area (Å²) in [6.45, 7) is 4.46. The van der Waals surface area contributed by atoms with E-state index in [1.165, 1.54) is 16.7 Å². The Hall–Kier alpha value is -1.24. The molecule has 74 valence electrons. The highest BCUT2D eigenvalue weighted by molar-refractivity contribution is 5.71. The van der Waals surface area contributed by atoms with Crippen LogP contribution in [0.3, 0.4) is 0 Å². The average Bonchev–Trinajstić information content (AvgIpc) is 2.18. The summed E-state index contributed by atoms with van der Waals surface area (Å²) in [6.07, 6.45) is 6.67. The van der Waals surface area contributed by atoms with E-state index in [1.54, 1.807) is 0 Å². The van der Waals surface area contributed by atoms with E-state index in [-0.39, 0.29) is 0 Å². The van der Waals surface area contributed by atoms with Gasteiger partial charge in [0.2, 0.25) is 0 Å². The Balaban J connectivity index is 2.57. The van der Waals surface area contributed by atoms with Gasteiger partial charge in [-0.05, 0) is 36.0 Å². The van der Waals surface area contributed by atoms with Crippen LogP contribution in [0.2, 0.25) is 0 Å². The smallest absolute Gasteiger partial charge is 0.0390 e. The van der Waals surface area contributed by atoms with Crippen molar-refractivity contribution < 1.29 is 0 Å². The van der Waals surface area contributed by atoms with E-state index >= 15 is 0 Å². The number of fused-ring (bicyclic) bond motifs is 1. The Morgan fingerprint density at radius 1 is 1.43 bits per heavy atom. The minimum Gasteiger partial charge on any atom is -0.398 e. The highest BCUT2D eigenvalue weighted by Gasteiger charge is 2.14. The monoisotopic (exact) mass is 187 g/mol. The van der Waals surface area contributed by atoms with Crippen molar-refractivity contribution in [3.63, 3.8) is 0 Å². The molecule has 1 aliphatic carbocycles. The molecule has 1 aliphatic rings. The van der Waals surface area contributed by atoms with Crippen LogP contribution in [0.25, 0.3) is 6.08 Å². The van der Waals surface area contributed by atoms with Crippen LogP contribution in [0.5, 0.6) is 0 Å². The summed E-state index contributed by atoms with van der Waals surface area (Å²) >= 11 is 0. The number of rotatable bonds is 1. The first kappa shape index (κ1) is 9.32. The summed E-state index contributed by atoms with van der Waals surface area (Å²) in [5.41, 5.74) is 11.0. The van der Waals surface area contributed by atoms with Gasteiger partial charge in [-0.3, -0.25) is 0 Å². The number of hydrogen-bond donors (Lipinski definition) is 1. The molecule has 0 fully saturated rings. The van der Waals surface area contributed by atoms with E-state index in [2.05, 4.69) is 32.1 Å². The minimum atomic E-state index is 0.648. The van der Waals surface area contributed by atoms with Crippen molar-refractivity contribution in [1.82, 2.24) is 0 Å². The summed E-state index contributed by atoms with van der Waals surface area (Å²) in [5, 5.41) is 0. The molecule has 2 rings (SSSR count). The van der Waals surface area contributed by atoms with E-state index in [4.69, 9.17) is 5.73 Å². The van der Waals surface area contributed by atoms with Crippen LogP contribution in [0.4, 0.5) is 5.69 Å². The Morgan fingerprint density at radius 3 is 2.93 bits per heavy atom. The van der Waals surface area contributed by atoms with Crippen molar-refractivity contribution in [3.8, 4) is 0 Å². The third-order valence-electron chi connectivity index (χ3n) is 2.99. The van der Waals surface area contributed by atoms with Gasteiger partial charge in [0.1, 0.15) is 0 Å². The summed E-state index contributed by atoms with van der Waals surface area (Å²) in [6, 6.07) is 4.19. The van der Waals surface area contributed by atoms with Gasteiger partial charge in [0.25, 0.3) is 0 Å². The number of allylic oxidation sites excluding steroid dienone is 1. The molecule has 2 N–H and O–H groups in total. The zero-order valence-electron chi connectivity index (χ0n) is 8.88. The van der Waals surface area contributed by atoms with Gasteiger partial charge in [-0.2, -0.15) is 0 Å². The summed E-state index contributed by atoms with van der Waals surface area (Å²) in [5.74, 6) is 0.648. The van der Waals surface area contributed by atoms with Crippen LogP contribution in [-0.2, 0) is 12.8 Å². The molecule has 14 heavy (non-hydrogen) atoms. The minimum absolute atomic E-state index is 0.648. The molecule has 1 nitrogen and oxygen atoms in total. The van der Waals surface area contributed by atoms with Crippen LogP contribution in [0.1, 0.15) is 30.5 Å². The van der Waals surface area contributed by atoms with Gasteiger partial charge < -0.3 is 5.73 Å². The molecule has 1 aromatic rings. The molecule has 1 atom stereocenters. The number of nitrogen functional groups attached to an aromatic ring is 1. The molecule has 0 spiro atoms. The van der Waals surface area contributed by atoms with E-state index < -0.39 is 0 Å². The van der Waals surface area contributed by atoms with Crippen molar-refractivity contribution in [2.75, 3.05) is 5.73 Å². The second kappa shape index (κ2) is 3.49. The van der Waals surface area contributed by atoms with Crippen molar-refractivity contribution in [2.24, 2.45) is 5.92 Å². The quantitative estimate of drug-likeness (QED) is 0.672. The number of anilines is 1. The average molecular weight is 187 g/mol. The van der Waals surface area contributed by atoms with E-state index in [9.17, 15) is 0 Å². The molecule has 0 aromatic heterocycles. The fourth-order valence-corrected chi connectivity index (χ4v) is 2.15. The molecule has 0 radical (unpaired) electrons. The number of benzene rings is 1. The summed E-state index contributed by atoms with van der Waals surface area (Å²) < 4.78 is 0. The second-order valence-corrected chi connectivity index (χ2v) is 4.10. The topological polar surface area (TPSA) is 26.0 Å². The first-order chi connectivity index (χ1) is 6.72. The Kier molecular flexibility index (Phi) is 2.32. The Morgan fingerprint density at radius 2 is 2.21 bits per heavy atom. The maximum absolute atomic E-state index is 5.96. The predicted octanol–water partition coefficient (Wildman–Crippen LogP) is 3.04. The normalized spacial score (nSPS) is 19.4. The van der Waals surface area contributed by atoms with E-state index in [0.29, 0.717) is 5.92 Å². The molecule has 1 unspecified atom stereocenters. The molecule has 1 aromatic carbocycles. The van der Waals surface area contributed by atoms with Crippen molar-refractivity contribution in [2.45, 2.75) is 26.7 Å². The number of aryl methyl sites for hydroxylation is 1. The molecule has 0 saturated carbocycles. The van der Waals surface area contributed by atoms with Gasteiger partial charge >= 0.3 is 0 Å². The fourth-order valence-electron chi connectivity index (χ4n) is 2.15. The number of nitrogens with two attached hydrogens (primary N) is 1. The van der Waals surface area contributed by atoms with Gasteiger partial charge in [-0.1, -0.05) is 32.1 Å². The van der Waals surface area contributed by atoms with Gasteiger partial charge in [0, 0.05) is 11.3 Å². The van der Waals surface area contributed by atoms with E-state index in [1.807, 2.05) is 6.07 Å². The first-order valence-corrected chi connectivity index (χ1v) is 5.30. The number of hydrogen-bond acceptors (Lipinski definition) is 1. The molecule has 0 amide bonds. The standard InChI is InChI=1S/C13H17N/c1-3-10-5-7-13(14)11-6-4-9(2)8-12(10)11/h4-7,9H,3,8,14H2,1-2H3. The van der Waals surface area contributed by atoms with E-state index in [0.717, 1.165) is 18.5 Å². The SMILES string of the molecule is CCc1ccc(N)c2c1CC(C)C=C2. The van der Waals surface area contributed by atoms with Gasteiger partial charge in [0.05, 0.1) is 0 Å². The van der Waals surface area contributed by atoms with Crippen molar-refractivity contribution in [3.05, 3.63) is 34.9 Å². The lowest BCUT2D eigenvalue weighted by atomic mass is 9.86. The maximum Gasteiger partial charge on any atom is 0.0390 e. The third kappa shape index (κ3) is 1.43. The van der Waals surface area contributed by atoms with Gasteiger partial charge in [-0.25, -0.2) is 0 Å². The zero-order valence-corrected chi connectivity index (χ0v) is 8.88. The highest BCUT2D eigenvalue weighted by Crippen LogP contribution is 2.30. The maximum atomic E-state index is 5.96. The first-order valence-electron chi connectivity index (χ1n) is 5.30. The molecular formula is C13H17N. The molecule has 0 heterocycles. The van der Waals surface area contributed by atoms with Crippen LogP contribution in [0.15, 0.2) is 18.2 Å². The largest absolute Gasteiger partial charge is 0.398 e. The van der Waals surface area contributed by atoms with Gasteiger partial charge in [-0.15, -0.1) is 0 Å². The molecule has 0 saturated heterocycles. The predicted molar refractivity (Wildman–Crippen MR) is 62.1 cm³/mol. The lowest BCUT2D eigenvalue weighted by molar-refractivity contribution is 0.711. The lowest BCUT2D eigenvalue weighted by Crippen LogP contribution is -2.08. The lowest BCUT2D eigenvalue weighted by Gasteiger charge is -2.20. The van der Waals surface area contributed by atoms with Crippen molar-refractivity contribution >= 4 is 11.8 Å². The molecular weight excluding hydrogens is 170 g/mol. The molecule has 0 bridgehead atoms. The molecule has 1 heteroatoms. The van der Waals surface area contributed by atoms with Crippen LogP contribution in [0, 0.1) is 5.92 Å². The summed E-state index contributed by atoms with van der Waals surface area (Å²) in [7, 11) is 0. The Bertz CT molecular complexity index is 377. The van der Waals surface area contributed by atoms with Crippen LogP contribution < -0.4 is 5.73 Å². The Labute approximate surface area is 85.6 Å². The fraction of sp³-hybridized carbons (Fsp3) is 0.385. The van der Waals surface area contributed by atoms with Crippen LogP contribution in [-0.4, -0.2) is 0 Å². The second-order valence-electron chi connectivity index (χ2n) is 4.10. The highest BCUT2D eigenvalue weighted by atomic mass is 14.6. The summed E-state index contributed by atoms with van der Waals surface area (Å²) in [4.78, 5) is 0. The van der Waals surface area contributed by atoms with Crippen molar-refractivity contribution in [1.29, 1.82) is 0 Å². The van der Waals surface area contributed by atoms with Crippen LogP contribution >= 0.6 is 0 Å². The zero-order chi connectivity index (χ0) is 10.1. The van der Waals surface area contributed by atoms with Gasteiger partial charge in [0.15, 0.2) is 0 Å². The molecule has 0 aliphatic heterocycles. The third-order valence-corrected chi connectivity index (χ3v) is 2.99.